The topological polar surface area (TPSA) is 81.9 Å². The normalized spacial score (nSPS) is 9.23. The van der Waals surface area contributed by atoms with E-state index in [0.717, 1.165) is 5.56 Å². The van der Waals surface area contributed by atoms with Gasteiger partial charge in [0, 0.05) is 0 Å². The zero-order valence-electron chi connectivity index (χ0n) is 6.90. The van der Waals surface area contributed by atoms with Crippen LogP contribution in [-0.4, -0.2) is 16.8 Å². The van der Waals surface area contributed by atoms with Gasteiger partial charge in [0.1, 0.15) is 0 Å². The molecule has 0 heterocycles. The Hall–Kier alpha value is -1.46. The predicted molar refractivity (Wildman–Crippen MR) is 57.6 cm³/mol. The average Bonchev–Trinajstić information content (AvgIpc) is 2.05. The summed E-state index contributed by atoms with van der Waals surface area (Å²) in [4.78, 5) is 0. The number of nitrogens with two attached hydrogens (primary N) is 1. The molecule has 5 N–H and O–H groups in total. The quantitative estimate of drug-likeness (QED) is 0.398. The first-order chi connectivity index (χ1) is 5.79. The SMILES string of the molecule is NC(=S)N/N=C/c1ccccc1.O. The lowest BCUT2D eigenvalue weighted by Crippen LogP contribution is -2.23. The van der Waals surface area contributed by atoms with E-state index >= 15 is 0 Å². The molecule has 0 radical (unpaired) electrons. The molecule has 0 spiro atoms. The van der Waals surface area contributed by atoms with E-state index < -0.39 is 0 Å². The van der Waals surface area contributed by atoms with E-state index in [1.807, 2.05) is 30.3 Å². The Morgan fingerprint density at radius 1 is 1.38 bits per heavy atom. The minimum Gasteiger partial charge on any atom is -0.412 e. The highest BCUT2D eigenvalue weighted by Gasteiger charge is 1.83. The third-order valence-corrected chi connectivity index (χ3v) is 1.28. The molecule has 0 saturated carbocycles. The molecule has 1 rings (SSSR count). The fourth-order valence-electron chi connectivity index (χ4n) is 0.710. The number of hydrogen-bond acceptors (Lipinski definition) is 2. The van der Waals surface area contributed by atoms with Gasteiger partial charge in [-0.3, -0.25) is 5.43 Å². The molecule has 1 aromatic carbocycles. The van der Waals surface area contributed by atoms with E-state index in [9.17, 15) is 0 Å². The molecule has 0 aromatic heterocycles. The number of hydrazone groups is 1. The third-order valence-electron chi connectivity index (χ3n) is 1.19. The van der Waals surface area contributed by atoms with E-state index in [0.29, 0.717) is 0 Å². The van der Waals surface area contributed by atoms with Gasteiger partial charge >= 0.3 is 0 Å². The minimum atomic E-state index is 0. The maximum atomic E-state index is 5.16. The van der Waals surface area contributed by atoms with Gasteiger partial charge in [0.15, 0.2) is 5.11 Å². The van der Waals surface area contributed by atoms with Gasteiger partial charge in [0.2, 0.25) is 0 Å². The average molecular weight is 197 g/mol. The molecule has 0 saturated heterocycles. The van der Waals surface area contributed by atoms with Crippen LogP contribution in [0.5, 0.6) is 0 Å². The van der Waals surface area contributed by atoms with Crippen LogP contribution in [-0.2, 0) is 0 Å². The lowest BCUT2D eigenvalue weighted by atomic mass is 10.2. The van der Waals surface area contributed by atoms with Crippen LogP contribution < -0.4 is 11.2 Å². The molecule has 70 valence electrons. The van der Waals surface area contributed by atoms with Gasteiger partial charge in [-0.15, -0.1) is 0 Å². The number of benzene rings is 1. The van der Waals surface area contributed by atoms with Crippen molar-refractivity contribution in [1.82, 2.24) is 5.43 Å². The Labute approximate surface area is 81.8 Å². The first-order valence-corrected chi connectivity index (χ1v) is 3.83. The van der Waals surface area contributed by atoms with Gasteiger partial charge in [-0.05, 0) is 17.8 Å². The minimum absolute atomic E-state index is 0. The predicted octanol–water partition coefficient (Wildman–Crippen LogP) is 0.0290. The summed E-state index contributed by atoms with van der Waals surface area (Å²) in [6, 6.07) is 9.68. The first kappa shape index (κ1) is 11.5. The maximum absolute atomic E-state index is 5.16. The second-order valence-electron chi connectivity index (χ2n) is 2.14. The van der Waals surface area contributed by atoms with Crippen molar-refractivity contribution in [2.24, 2.45) is 10.8 Å². The second-order valence-corrected chi connectivity index (χ2v) is 2.58. The number of hydrogen-bond donors (Lipinski definition) is 2. The molecule has 0 bridgehead atoms. The van der Waals surface area contributed by atoms with E-state index in [1.54, 1.807) is 6.21 Å². The Morgan fingerprint density at radius 2 is 2.00 bits per heavy atom. The van der Waals surface area contributed by atoms with Crippen molar-refractivity contribution in [1.29, 1.82) is 0 Å². The van der Waals surface area contributed by atoms with Crippen LogP contribution in [0.3, 0.4) is 0 Å². The van der Waals surface area contributed by atoms with Gasteiger partial charge in [-0.25, -0.2) is 0 Å². The number of nitrogens with one attached hydrogen (secondary N) is 1. The highest BCUT2D eigenvalue weighted by atomic mass is 32.1. The number of nitrogens with zero attached hydrogens (tertiary/aromatic N) is 1. The largest absolute Gasteiger partial charge is 0.412 e. The Bertz CT molecular complexity index is 287. The second kappa shape index (κ2) is 6.10. The standard InChI is InChI=1S/C8H9N3S.H2O/c9-8(12)11-10-6-7-4-2-1-3-5-7;/h1-6H,(H3,9,11,12);1H2/b10-6+;. The molecule has 4 nitrogen and oxygen atoms in total. The molecular formula is C8H11N3OS. The zero-order chi connectivity index (χ0) is 8.81. The molecule has 0 amide bonds. The van der Waals surface area contributed by atoms with Crippen LogP contribution in [0, 0.1) is 0 Å². The summed E-state index contributed by atoms with van der Waals surface area (Å²) in [7, 11) is 0. The lowest BCUT2D eigenvalue weighted by Gasteiger charge is -1.93. The summed E-state index contributed by atoms with van der Waals surface area (Å²) in [6.45, 7) is 0. The van der Waals surface area contributed by atoms with Crippen molar-refractivity contribution in [2.45, 2.75) is 0 Å². The van der Waals surface area contributed by atoms with Crippen LogP contribution in [0.4, 0.5) is 0 Å². The fourth-order valence-corrected chi connectivity index (χ4v) is 0.762. The molecule has 0 unspecified atom stereocenters. The highest BCUT2D eigenvalue weighted by molar-refractivity contribution is 7.80. The van der Waals surface area contributed by atoms with Crippen LogP contribution >= 0.6 is 12.2 Å². The van der Waals surface area contributed by atoms with E-state index in [1.165, 1.54) is 0 Å². The number of thiocarbonyl (C=S) groups is 1. The summed E-state index contributed by atoms with van der Waals surface area (Å²) in [5, 5.41) is 3.97. The Morgan fingerprint density at radius 3 is 2.54 bits per heavy atom. The third kappa shape index (κ3) is 4.89. The van der Waals surface area contributed by atoms with Crippen LogP contribution in [0.1, 0.15) is 5.56 Å². The summed E-state index contributed by atoms with van der Waals surface area (Å²) < 4.78 is 0. The van der Waals surface area contributed by atoms with Crippen LogP contribution in [0.2, 0.25) is 0 Å². The highest BCUT2D eigenvalue weighted by Crippen LogP contribution is 1.92. The monoisotopic (exact) mass is 197 g/mol. The molecule has 0 aliphatic rings. The Balaban J connectivity index is 0.00000144. The van der Waals surface area contributed by atoms with E-state index in [4.69, 9.17) is 5.73 Å². The zero-order valence-corrected chi connectivity index (χ0v) is 7.71. The molecule has 13 heavy (non-hydrogen) atoms. The summed E-state index contributed by atoms with van der Waals surface area (Å²) in [6.07, 6.45) is 1.65. The van der Waals surface area contributed by atoms with Gasteiger partial charge in [0.25, 0.3) is 0 Å². The van der Waals surface area contributed by atoms with Crippen molar-refractivity contribution < 1.29 is 5.48 Å². The van der Waals surface area contributed by atoms with E-state index in [-0.39, 0.29) is 10.6 Å². The van der Waals surface area contributed by atoms with E-state index in [2.05, 4.69) is 22.7 Å². The summed E-state index contributed by atoms with van der Waals surface area (Å²) in [5.74, 6) is 0. The fraction of sp³-hybridized carbons (Fsp3) is 0. The van der Waals surface area contributed by atoms with Gasteiger partial charge < -0.3 is 11.2 Å². The smallest absolute Gasteiger partial charge is 0.184 e. The summed E-state index contributed by atoms with van der Waals surface area (Å²) >= 11 is 4.56. The molecular weight excluding hydrogens is 186 g/mol. The van der Waals surface area contributed by atoms with Crippen molar-refractivity contribution in [2.75, 3.05) is 0 Å². The van der Waals surface area contributed by atoms with Gasteiger partial charge in [0.05, 0.1) is 6.21 Å². The summed E-state index contributed by atoms with van der Waals surface area (Å²) in [5.41, 5.74) is 8.64. The van der Waals surface area contributed by atoms with Crippen molar-refractivity contribution in [3.63, 3.8) is 0 Å². The molecule has 0 atom stereocenters. The molecule has 0 fully saturated rings. The number of rotatable bonds is 2. The van der Waals surface area contributed by atoms with Crippen molar-refractivity contribution >= 4 is 23.5 Å². The van der Waals surface area contributed by atoms with Crippen molar-refractivity contribution in [3.8, 4) is 0 Å². The molecule has 0 aliphatic carbocycles. The van der Waals surface area contributed by atoms with Gasteiger partial charge in [-0.1, -0.05) is 30.3 Å². The molecule has 1 aromatic rings. The van der Waals surface area contributed by atoms with Crippen LogP contribution in [0.25, 0.3) is 0 Å². The Kier molecular flexibility index (Phi) is 5.42. The molecule has 5 heteroatoms. The van der Waals surface area contributed by atoms with Crippen LogP contribution in [0.15, 0.2) is 35.4 Å². The first-order valence-electron chi connectivity index (χ1n) is 3.42. The lowest BCUT2D eigenvalue weighted by molar-refractivity contribution is 0.824. The molecule has 0 aliphatic heterocycles. The van der Waals surface area contributed by atoms with Crippen molar-refractivity contribution in [3.05, 3.63) is 35.9 Å². The van der Waals surface area contributed by atoms with Gasteiger partial charge in [-0.2, -0.15) is 5.10 Å². The maximum Gasteiger partial charge on any atom is 0.184 e.